The number of carbonyl (C=O) groups excluding carboxylic acids is 3. The van der Waals surface area contributed by atoms with Gasteiger partial charge in [0, 0.05) is 50.1 Å². The molecule has 2 unspecified atom stereocenters. The molecule has 1 aromatic rings. The van der Waals surface area contributed by atoms with Crippen molar-refractivity contribution in [2.24, 2.45) is 17.8 Å². The van der Waals surface area contributed by atoms with Crippen molar-refractivity contribution >= 4 is 39.2 Å². The summed E-state index contributed by atoms with van der Waals surface area (Å²) in [6.07, 6.45) is 2.73. The molecule has 1 aromatic heterocycles. The second-order valence-electron chi connectivity index (χ2n) is 19.5. The van der Waals surface area contributed by atoms with Crippen LogP contribution in [0.5, 0.6) is 0 Å². The van der Waals surface area contributed by atoms with Gasteiger partial charge in [-0.05, 0) is 37.7 Å². The molecule has 9 N–H and O–H groups in total. The van der Waals surface area contributed by atoms with Gasteiger partial charge >= 0.3 is 33.3 Å². The number of nitrogens with two attached hydrogens (primary N) is 1. The van der Waals surface area contributed by atoms with Crippen molar-refractivity contribution in [3.05, 3.63) is 34.9 Å². The Balaban J connectivity index is 1.83. The lowest BCUT2D eigenvalue weighted by molar-refractivity contribution is -0.196. The number of ether oxygens (including phenoxy) is 3. The molecule has 0 aliphatic carbocycles. The molecular weight excluding hydrogens is 984 g/mol. The summed E-state index contributed by atoms with van der Waals surface area (Å²) in [5, 5.41) is 57.4. The Morgan fingerprint density at radius 2 is 1.47 bits per heavy atom. The summed E-state index contributed by atoms with van der Waals surface area (Å²) in [4.78, 5) is 77.8. The highest BCUT2D eigenvalue weighted by atomic mass is 31.3. The van der Waals surface area contributed by atoms with Crippen LogP contribution in [0, 0.1) is 17.8 Å². The van der Waals surface area contributed by atoms with Crippen LogP contribution < -0.4 is 11.4 Å². The average Bonchev–Trinajstić information content (AvgIpc) is 3.30. The number of aromatic nitrogens is 2. The Bertz CT molecular complexity index is 1960. The molecule has 3 rings (SSSR count). The number of fused-ring (bicyclic) bond motifs is 3. The Labute approximate surface area is 423 Å². The molecule has 0 spiro atoms. The number of nitrogens with zero attached hydrogens (tertiary/aromatic N) is 2. The number of aliphatic hydroxyl groups excluding tert-OH is 5. The van der Waals surface area contributed by atoms with Crippen LogP contribution in [-0.2, 0) is 51.1 Å². The number of carbonyl (C=O) groups is 3. The Hall–Kier alpha value is -2.95. The third-order valence-corrected chi connectivity index (χ3v) is 15.3. The summed E-state index contributed by atoms with van der Waals surface area (Å²) in [7, 11) is -11.4. The van der Waals surface area contributed by atoms with E-state index in [2.05, 4.69) is 23.1 Å². The van der Waals surface area contributed by atoms with Crippen molar-refractivity contribution < 1.29 is 86.4 Å². The maximum absolute atomic E-state index is 13.7. The highest BCUT2D eigenvalue weighted by Crippen LogP contribution is 2.60. The van der Waals surface area contributed by atoms with E-state index in [1.54, 1.807) is 0 Å². The summed E-state index contributed by atoms with van der Waals surface area (Å²) in [5.74, 6) is -4.43. The monoisotopic (exact) mass is 1070 g/mol. The minimum atomic E-state index is -5.75. The minimum Gasteiger partial charge on any atom is -0.462 e. The summed E-state index contributed by atoms with van der Waals surface area (Å²) < 4.78 is 58.6. The highest BCUT2D eigenvalue weighted by molar-refractivity contribution is 7.61. The second-order valence-corrected chi connectivity index (χ2v) is 22.5. The molecule has 72 heavy (non-hydrogen) atoms. The van der Waals surface area contributed by atoms with E-state index in [0.717, 1.165) is 55.2 Å². The van der Waals surface area contributed by atoms with Crippen molar-refractivity contribution in [2.75, 3.05) is 25.6 Å². The molecule has 24 heteroatoms. The normalized spacial score (nSPS) is 30.5. The van der Waals surface area contributed by atoms with Crippen LogP contribution in [0.25, 0.3) is 0 Å². The van der Waals surface area contributed by atoms with Gasteiger partial charge in [0.1, 0.15) is 36.6 Å². The van der Waals surface area contributed by atoms with Gasteiger partial charge in [-0.3, -0.25) is 28.0 Å². The van der Waals surface area contributed by atoms with E-state index in [1.807, 2.05) is 6.92 Å². The number of esters is 2. The molecule has 22 nitrogen and oxygen atoms in total. The second kappa shape index (κ2) is 33.2. The first-order valence-electron chi connectivity index (χ1n) is 25.7. The average molecular weight is 1070 g/mol. The highest BCUT2D eigenvalue weighted by Gasteiger charge is 2.45. The number of phosphoric ester groups is 2. The lowest BCUT2D eigenvalue weighted by Crippen LogP contribution is -2.52. The SMILES string of the molecule is CCCCC[C@H](O)/C=C\[C@@H]1[C@H](O)[C@H](O)[C@H]2COP(=O)(O)OP(=O)(O)OC[C@@H](COC(=O)CCCCCCCCCCCCC(C)C)OC(=O)CCCCC(=O)C[C@H]([C@H](n3ccc(N)nc3=O)O2)[C@@H](O)C[C@H]1O. The van der Waals surface area contributed by atoms with E-state index >= 15 is 0 Å². The number of phosphoric acid groups is 2. The third-order valence-electron chi connectivity index (χ3n) is 12.7. The number of Topliss-reactive ketones (excluding diaryl/α,β-unsaturated/α-hetero) is 1. The van der Waals surface area contributed by atoms with Crippen molar-refractivity contribution in [3.8, 4) is 0 Å². The molecule has 12 atom stereocenters. The summed E-state index contributed by atoms with van der Waals surface area (Å²) in [6.45, 7) is 3.59. The molecule has 3 heterocycles. The number of cyclic esters (lactones) is 1. The van der Waals surface area contributed by atoms with Gasteiger partial charge in [-0.1, -0.05) is 116 Å². The predicted molar refractivity (Wildman–Crippen MR) is 264 cm³/mol. The van der Waals surface area contributed by atoms with Gasteiger partial charge in [-0.15, -0.1) is 0 Å². The zero-order chi connectivity index (χ0) is 53.3. The largest absolute Gasteiger partial charge is 0.481 e. The van der Waals surface area contributed by atoms with Crippen LogP contribution in [0.4, 0.5) is 5.82 Å². The number of nitrogen functional groups attached to an aromatic ring is 1. The van der Waals surface area contributed by atoms with Crippen LogP contribution in [0.1, 0.15) is 168 Å². The van der Waals surface area contributed by atoms with Gasteiger partial charge in [-0.2, -0.15) is 9.29 Å². The first-order valence-corrected chi connectivity index (χ1v) is 28.7. The molecule has 0 aromatic carbocycles. The fourth-order valence-corrected chi connectivity index (χ4v) is 10.7. The quantitative estimate of drug-likeness (QED) is 0.0291. The number of aliphatic hydroxyl groups is 5. The van der Waals surface area contributed by atoms with Crippen LogP contribution in [0.2, 0.25) is 0 Å². The molecule has 2 aliphatic heterocycles. The fourth-order valence-electron chi connectivity index (χ4n) is 8.60. The van der Waals surface area contributed by atoms with E-state index in [4.69, 9.17) is 29.0 Å². The van der Waals surface area contributed by atoms with Crippen LogP contribution in [0.15, 0.2) is 29.2 Å². The maximum Gasteiger partial charge on any atom is 0.481 e. The molecule has 0 saturated carbocycles. The number of anilines is 1. The Kier molecular flexibility index (Phi) is 29.2. The molecule has 0 amide bonds. The van der Waals surface area contributed by atoms with Gasteiger partial charge in [0.25, 0.3) is 0 Å². The molecule has 0 radical (unpaired) electrons. The molecule has 2 saturated heterocycles. The molecule has 2 aliphatic rings. The van der Waals surface area contributed by atoms with Gasteiger partial charge in [0.05, 0.1) is 37.6 Å². The van der Waals surface area contributed by atoms with E-state index in [9.17, 15) is 63.6 Å². The fraction of sp³-hybridized carbons (Fsp3) is 0.812. The van der Waals surface area contributed by atoms with Crippen molar-refractivity contribution in [2.45, 2.75) is 211 Å². The summed E-state index contributed by atoms with van der Waals surface area (Å²) in [6, 6.07) is 1.18. The Morgan fingerprint density at radius 3 is 2.11 bits per heavy atom. The zero-order valence-corrected chi connectivity index (χ0v) is 44.0. The maximum atomic E-state index is 13.7. The number of ketones is 1. The minimum absolute atomic E-state index is 0.0564. The molecule has 2 bridgehead atoms. The summed E-state index contributed by atoms with van der Waals surface area (Å²) in [5.41, 5.74) is 4.66. The molecular formula is C48H83N3O19P2. The molecule has 414 valence electrons. The van der Waals surface area contributed by atoms with E-state index in [0.29, 0.717) is 19.3 Å². The van der Waals surface area contributed by atoms with Gasteiger partial charge in [-0.25, -0.2) is 13.9 Å². The van der Waals surface area contributed by atoms with E-state index in [-0.39, 0.29) is 37.9 Å². The van der Waals surface area contributed by atoms with Gasteiger partial charge in [0.15, 0.2) is 6.10 Å². The zero-order valence-electron chi connectivity index (χ0n) is 42.2. The first kappa shape index (κ1) is 63.3. The van der Waals surface area contributed by atoms with E-state index in [1.165, 1.54) is 56.7 Å². The standard InChI is InChI=1S/C48H83N3O19P2/c1-4-5-14-20-34(52)24-25-37-39(54)29-40(55)38-28-35(53)21-17-18-23-44(57)68-36(30-65-43(56)22-16-13-11-9-7-6-8-10-12-15-19-33(2)3)31-66-71(61,62)70-72(63,64)67-32-41(46(59)45(37)58)69-47(38)51-27-26-42(49)50-48(51)60/h24-27,33-34,36-41,45-47,52,54-55,58-59H,4-23,28-32H2,1-3H3,(H,61,62)(H,63,64)(H2,49,50,60)/b25-24-/t34-,36+,37-,38-,39+,40-,41+,45-,46+,47+/m0/s1. The number of rotatable bonds is 22. The van der Waals surface area contributed by atoms with Crippen molar-refractivity contribution in [1.82, 2.24) is 9.55 Å². The third kappa shape index (κ3) is 24.6. The lowest BCUT2D eigenvalue weighted by Gasteiger charge is -2.40. The number of hydrogen-bond acceptors (Lipinski definition) is 19. The number of hydrogen-bond donors (Lipinski definition) is 8. The lowest BCUT2D eigenvalue weighted by atomic mass is 9.82. The predicted octanol–water partition coefficient (Wildman–Crippen LogP) is 5.86. The first-order chi connectivity index (χ1) is 34.1. The van der Waals surface area contributed by atoms with Crippen LogP contribution in [0.3, 0.4) is 0 Å². The van der Waals surface area contributed by atoms with Gasteiger partial charge < -0.3 is 55.3 Å². The van der Waals surface area contributed by atoms with Crippen molar-refractivity contribution in [3.63, 3.8) is 0 Å². The summed E-state index contributed by atoms with van der Waals surface area (Å²) >= 11 is 0. The van der Waals surface area contributed by atoms with Crippen LogP contribution >= 0.6 is 15.6 Å². The van der Waals surface area contributed by atoms with Gasteiger partial charge in [0.2, 0.25) is 0 Å². The number of unbranched alkanes of at least 4 members (excludes halogenated alkanes) is 11. The van der Waals surface area contributed by atoms with E-state index < -0.39 is 133 Å². The topological polar surface area (TPSA) is 343 Å². The van der Waals surface area contributed by atoms with Crippen LogP contribution in [-0.4, -0.2) is 125 Å². The smallest absolute Gasteiger partial charge is 0.462 e. The molecule has 2 fully saturated rings. The van der Waals surface area contributed by atoms with Crippen molar-refractivity contribution in [1.29, 1.82) is 0 Å². The Morgan fingerprint density at radius 1 is 0.861 bits per heavy atom.